The van der Waals surface area contributed by atoms with E-state index in [4.69, 9.17) is 0 Å². The van der Waals surface area contributed by atoms with Crippen LogP contribution in [0.3, 0.4) is 0 Å². The molecule has 0 amide bonds. The Kier molecular flexibility index (Phi) is 3.41. The van der Waals surface area contributed by atoms with Crippen molar-refractivity contribution >= 4 is 7.28 Å². The summed E-state index contributed by atoms with van der Waals surface area (Å²) in [5.41, 5.74) is 0.730. The van der Waals surface area contributed by atoms with Crippen LogP contribution < -0.4 is 0 Å². The summed E-state index contributed by atoms with van der Waals surface area (Å²) in [4.78, 5) is 0. The van der Waals surface area contributed by atoms with Crippen LogP contribution in [0.5, 0.6) is 0 Å². The minimum absolute atomic E-state index is 0.362. The van der Waals surface area contributed by atoms with Crippen molar-refractivity contribution < 1.29 is 0 Å². The molecular formula is C10H20B. The quantitative estimate of drug-likeness (QED) is 0.542. The molecule has 0 aromatic heterocycles. The van der Waals surface area contributed by atoms with Gasteiger partial charge in [0.2, 0.25) is 0 Å². The van der Waals surface area contributed by atoms with Gasteiger partial charge in [-0.25, -0.2) is 0 Å². The first-order valence-corrected chi connectivity index (χ1v) is 4.25. The molecule has 0 heterocycles. The van der Waals surface area contributed by atoms with Crippen molar-refractivity contribution in [2.24, 2.45) is 10.8 Å². The molecule has 0 fully saturated rings. The van der Waals surface area contributed by atoms with Crippen molar-refractivity contribution in [3.63, 3.8) is 0 Å². The van der Waals surface area contributed by atoms with Crippen LogP contribution in [0.15, 0.2) is 12.6 Å². The van der Waals surface area contributed by atoms with E-state index in [9.17, 15) is 0 Å². The van der Waals surface area contributed by atoms with Crippen molar-refractivity contribution in [1.29, 1.82) is 0 Å². The van der Waals surface area contributed by atoms with E-state index in [1.165, 1.54) is 0 Å². The van der Waals surface area contributed by atoms with E-state index < -0.39 is 0 Å². The lowest BCUT2D eigenvalue weighted by Crippen LogP contribution is -2.30. The summed E-state index contributed by atoms with van der Waals surface area (Å²) in [5, 5.41) is 0. The van der Waals surface area contributed by atoms with Crippen molar-refractivity contribution in [1.82, 2.24) is 0 Å². The molecule has 0 unspecified atom stereocenters. The van der Waals surface area contributed by atoms with Gasteiger partial charge < -0.3 is 0 Å². The van der Waals surface area contributed by atoms with Crippen LogP contribution in [0, 0.1) is 10.8 Å². The van der Waals surface area contributed by atoms with Gasteiger partial charge in [0.05, 0.1) is 0 Å². The zero-order chi connectivity index (χ0) is 9.12. The van der Waals surface area contributed by atoms with E-state index in [1.54, 1.807) is 0 Å². The molecule has 0 spiro atoms. The minimum atomic E-state index is 0.362. The van der Waals surface area contributed by atoms with Crippen LogP contribution in [0.1, 0.15) is 34.6 Å². The second kappa shape index (κ2) is 3.47. The highest BCUT2D eigenvalue weighted by Gasteiger charge is 2.31. The third kappa shape index (κ3) is 3.13. The maximum Gasteiger partial charge on any atom is 0.141 e. The lowest BCUT2D eigenvalue weighted by atomic mass is 9.56. The molecule has 0 aromatic rings. The Hall–Kier alpha value is -0.195. The predicted molar refractivity (Wildman–Crippen MR) is 54.0 cm³/mol. The van der Waals surface area contributed by atoms with Crippen LogP contribution in [-0.4, -0.2) is 7.28 Å². The van der Waals surface area contributed by atoms with E-state index in [-0.39, 0.29) is 0 Å². The highest BCUT2D eigenvalue weighted by Crippen LogP contribution is 2.40. The van der Waals surface area contributed by atoms with E-state index in [0.29, 0.717) is 10.8 Å². The van der Waals surface area contributed by atoms with Crippen molar-refractivity contribution in [2.45, 2.75) is 40.9 Å². The highest BCUT2D eigenvalue weighted by molar-refractivity contribution is 6.42. The summed E-state index contributed by atoms with van der Waals surface area (Å²) < 4.78 is 0. The molecule has 0 aliphatic rings. The van der Waals surface area contributed by atoms with E-state index in [1.807, 2.05) is 5.98 Å². The molecule has 0 saturated heterocycles. The largest absolute Gasteiger partial charge is 0.141 e. The number of hydrogen-bond acceptors (Lipinski definition) is 0. The third-order valence-corrected chi connectivity index (χ3v) is 2.83. The smallest absolute Gasteiger partial charge is 0.130 e. The maximum atomic E-state index is 3.69. The van der Waals surface area contributed by atoms with Gasteiger partial charge in [-0.05, 0) is 10.8 Å². The monoisotopic (exact) mass is 151 g/mol. The number of rotatable bonds is 3. The molecule has 0 nitrogen and oxygen atoms in total. The molecule has 0 rings (SSSR count). The highest BCUT2D eigenvalue weighted by atomic mass is 14.3. The summed E-state index contributed by atoms with van der Waals surface area (Å²) in [7, 11) is 2.14. The van der Waals surface area contributed by atoms with Crippen LogP contribution >= 0.6 is 0 Å². The Morgan fingerprint density at radius 1 is 1.18 bits per heavy atom. The zero-order valence-electron chi connectivity index (χ0n) is 8.57. The molecule has 0 aliphatic carbocycles. The zero-order valence-corrected chi connectivity index (χ0v) is 8.57. The summed E-state index contributed by atoms with van der Waals surface area (Å²) >= 11 is 0. The fourth-order valence-corrected chi connectivity index (χ4v) is 0.684. The van der Waals surface area contributed by atoms with Gasteiger partial charge in [0.1, 0.15) is 7.28 Å². The lowest BCUT2D eigenvalue weighted by molar-refractivity contribution is 0.157. The third-order valence-electron chi connectivity index (χ3n) is 2.83. The van der Waals surface area contributed by atoms with Gasteiger partial charge in [0.25, 0.3) is 0 Å². The Morgan fingerprint density at radius 3 is 1.91 bits per heavy atom. The fraction of sp³-hybridized carbons (Fsp3) is 0.800. The summed E-state index contributed by atoms with van der Waals surface area (Å²) in [5.74, 6) is 1.88. The summed E-state index contributed by atoms with van der Waals surface area (Å²) in [6, 6.07) is 0. The second-order valence-electron chi connectivity index (χ2n) is 4.81. The molecule has 0 N–H and O–H groups in total. The van der Waals surface area contributed by atoms with Gasteiger partial charge in [-0.1, -0.05) is 40.9 Å². The van der Waals surface area contributed by atoms with Crippen molar-refractivity contribution in [3.05, 3.63) is 12.6 Å². The van der Waals surface area contributed by atoms with Crippen LogP contribution in [0.25, 0.3) is 0 Å². The molecular weight excluding hydrogens is 131 g/mol. The Labute approximate surface area is 72.3 Å². The van der Waals surface area contributed by atoms with Gasteiger partial charge in [-0.15, -0.1) is 12.6 Å². The van der Waals surface area contributed by atoms with Crippen LogP contribution in [-0.2, 0) is 0 Å². The van der Waals surface area contributed by atoms with E-state index >= 15 is 0 Å². The molecule has 63 valence electrons. The maximum absolute atomic E-state index is 3.69. The van der Waals surface area contributed by atoms with Gasteiger partial charge in [-0.3, -0.25) is 0 Å². The first-order chi connectivity index (χ1) is 4.81. The van der Waals surface area contributed by atoms with Gasteiger partial charge in [0, 0.05) is 0 Å². The average Bonchev–Trinajstić information content (AvgIpc) is 1.81. The van der Waals surface area contributed by atoms with E-state index in [0.717, 1.165) is 6.32 Å². The normalized spacial score (nSPS) is 12.8. The van der Waals surface area contributed by atoms with Gasteiger partial charge in [-0.2, -0.15) is 0 Å². The predicted octanol–water partition coefficient (Wildman–Crippen LogP) is 3.32. The van der Waals surface area contributed by atoms with Crippen molar-refractivity contribution in [2.75, 3.05) is 0 Å². The average molecular weight is 151 g/mol. The molecule has 1 heteroatoms. The fourth-order valence-electron chi connectivity index (χ4n) is 0.684. The van der Waals surface area contributed by atoms with Crippen LogP contribution in [0.4, 0.5) is 0 Å². The first-order valence-electron chi connectivity index (χ1n) is 4.25. The Balaban J connectivity index is 4.10. The summed E-state index contributed by atoms with van der Waals surface area (Å²) in [6.45, 7) is 15.1. The Bertz CT molecular complexity index is 128. The summed E-state index contributed by atoms with van der Waals surface area (Å²) in [6.07, 6.45) is 1.11. The number of hydrogen-bond donors (Lipinski definition) is 0. The molecule has 0 atom stereocenters. The van der Waals surface area contributed by atoms with Crippen molar-refractivity contribution in [3.8, 4) is 0 Å². The lowest BCUT2D eigenvalue weighted by Gasteiger charge is -2.38. The minimum Gasteiger partial charge on any atom is -0.130 e. The molecule has 1 radical (unpaired) electrons. The molecule has 0 aliphatic heterocycles. The topological polar surface area (TPSA) is 0 Å². The molecule has 0 saturated carbocycles. The molecule has 11 heavy (non-hydrogen) atoms. The second-order valence-corrected chi connectivity index (χ2v) is 4.81. The standard InChI is InChI=1S/C10H20B/c1-7-11-8-10(5,6)9(2,3)4/h7H,1,8H2,2-6H3. The van der Waals surface area contributed by atoms with Crippen LogP contribution in [0.2, 0.25) is 6.32 Å². The van der Waals surface area contributed by atoms with Gasteiger partial charge in [0.15, 0.2) is 0 Å². The van der Waals surface area contributed by atoms with E-state index in [2.05, 4.69) is 48.5 Å². The SMILES string of the molecule is C=C[B]CC(C)(C)C(C)(C)C. The first kappa shape index (κ1) is 10.8. The Morgan fingerprint density at radius 2 is 1.64 bits per heavy atom. The molecule has 0 bridgehead atoms. The molecule has 0 aromatic carbocycles. The van der Waals surface area contributed by atoms with Gasteiger partial charge >= 0.3 is 0 Å².